The monoisotopic (exact) mass is 319 g/mol. The minimum absolute atomic E-state index is 0.201. The number of hydrogen-bond acceptors (Lipinski definition) is 3. The quantitative estimate of drug-likeness (QED) is 0.888. The van der Waals surface area contributed by atoms with Crippen LogP contribution < -0.4 is 10.1 Å². The van der Waals surface area contributed by atoms with Crippen molar-refractivity contribution < 1.29 is 14.3 Å². The Labute approximate surface area is 135 Å². The zero-order valence-electron chi connectivity index (χ0n) is 12.5. The van der Waals surface area contributed by atoms with Crippen LogP contribution >= 0.6 is 11.6 Å². The summed E-state index contributed by atoms with van der Waals surface area (Å²) in [6.45, 7) is 0.302. The highest BCUT2D eigenvalue weighted by molar-refractivity contribution is 6.32. The SMILES string of the molecule is CNC(=O)C(OC)c1ccccc1COc1ccccc1Cl. The number of likely N-dealkylation sites (N-methyl/N-ethyl adjacent to an activating group) is 1. The van der Waals surface area contributed by atoms with Crippen LogP contribution in [0.25, 0.3) is 0 Å². The Kier molecular flexibility index (Phi) is 5.81. The van der Waals surface area contributed by atoms with E-state index in [1.807, 2.05) is 36.4 Å². The third-order valence-corrected chi connectivity index (χ3v) is 3.59. The van der Waals surface area contributed by atoms with Crippen molar-refractivity contribution >= 4 is 17.5 Å². The highest BCUT2D eigenvalue weighted by Crippen LogP contribution is 2.26. The van der Waals surface area contributed by atoms with Gasteiger partial charge in [0, 0.05) is 14.2 Å². The first kappa shape index (κ1) is 16.3. The first-order chi connectivity index (χ1) is 10.7. The molecule has 0 aliphatic rings. The first-order valence-corrected chi connectivity index (χ1v) is 7.24. The van der Waals surface area contributed by atoms with Crippen LogP contribution in [0.3, 0.4) is 0 Å². The average Bonchev–Trinajstić information content (AvgIpc) is 2.55. The Bertz CT molecular complexity index is 645. The van der Waals surface area contributed by atoms with Crippen LogP contribution in [0.2, 0.25) is 5.02 Å². The van der Waals surface area contributed by atoms with Gasteiger partial charge in [0.2, 0.25) is 0 Å². The largest absolute Gasteiger partial charge is 0.487 e. The lowest BCUT2D eigenvalue weighted by Gasteiger charge is -2.18. The van der Waals surface area contributed by atoms with Crippen molar-refractivity contribution in [2.75, 3.05) is 14.2 Å². The summed E-state index contributed by atoms with van der Waals surface area (Å²) in [5, 5.41) is 3.15. The topological polar surface area (TPSA) is 47.6 Å². The van der Waals surface area contributed by atoms with E-state index in [1.54, 1.807) is 19.2 Å². The van der Waals surface area contributed by atoms with Crippen molar-refractivity contribution in [3.05, 3.63) is 64.7 Å². The molecular formula is C17H18ClNO3. The number of methoxy groups -OCH3 is 1. The van der Waals surface area contributed by atoms with Gasteiger partial charge in [0.05, 0.1) is 5.02 Å². The van der Waals surface area contributed by atoms with Gasteiger partial charge in [-0.1, -0.05) is 48.0 Å². The molecule has 4 nitrogen and oxygen atoms in total. The molecule has 0 aromatic heterocycles. The Morgan fingerprint density at radius 1 is 1.18 bits per heavy atom. The van der Waals surface area contributed by atoms with Gasteiger partial charge >= 0.3 is 0 Å². The number of rotatable bonds is 6. The molecule has 0 heterocycles. The fourth-order valence-electron chi connectivity index (χ4n) is 2.15. The number of carbonyl (C=O) groups excluding carboxylic acids is 1. The van der Waals surface area contributed by atoms with E-state index >= 15 is 0 Å². The van der Waals surface area contributed by atoms with E-state index in [0.29, 0.717) is 17.4 Å². The smallest absolute Gasteiger partial charge is 0.253 e. The number of para-hydroxylation sites is 1. The van der Waals surface area contributed by atoms with Crippen molar-refractivity contribution in [3.8, 4) is 5.75 Å². The summed E-state index contributed by atoms with van der Waals surface area (Å²) >= 11 is 6.08. The van der Waals surface area contributed by atoms with Crippen molar-refractivity contribution in [2.24, 2.45) is 0 Å². The second kappa shape index (κ2) is 7.82. The highest BCUT2D eigenvalue weighted by Gasteiger charge is 2.21. The van der Waals surface area contributed by atoms with E-state index in [9.17, 15) is 4.79 Å². The molecule has 1 unspecified atom stereocenters. The van der Waals surface area contributed by atoms with E-state index in [4.69, 9.17) is 21.1 Å². The summed E-state index contributed by atoms with van der Waals surface area (Å²) in [4.78, 5) is 11.9. The lowest BCUT2D eigenvalue weighted by Crippen LogP contribution is -2.27. The molecule has 1 atom stereocenters. The molecule has 0 aliphatic carbocycles. The molecule has 2 rings (SSSR count). The molecule has 2 aromatic rings. The zero-order chi connectivity index (χ0) is 15.9. The normalized spacial score (nSPS) is 11.8. The number of ether oxygens (including phenoxy) is 2. The van der Waals surface area contributed by atoms with Crippen LogP contribution in [-0.4, -0.2) is 20.1 Å². The number of carbonyl (C=O) groups is 1. The third kappa shape index (κ3) is 3.78. The van der Waals surface area contributed by atoms with Crippen LogP contribution in [0.4, 0.5) is 0 Å². The van der Waals surface area contributed by atoms with Gasteiger partial charge in [-0.05, 0) is 23.3 Å². The van der Waals surface area contributed by atoms with Gasteiger partial charge in [-0.3, -0.25) is 4.79 Å². The second-order valence-corrected chi connectivity index (χ2v) is 5.06. The van der Waals surface area contributed by atoms with E-state index < -0.39 is 6.10 Å². The molecule has 116 valence electrons. The van der Waals surface area contributed by atoms with Crippen molar-refractivity contribution in [2.45, 2.75) is 12.7 Å². The summed E-state index contributed by atoms with van der Waals surface area (Å²) in [5.41, 5.74) is 1.65. The van der Waals surface area contributed by atoms with Crippen LogP contribution in [-0.2, 0) is 16.1 Å². The van der Waals surface area contributed by atoms with Gasteiger partial charge in [0.1, 0.15) is 12.4 Å². The maximum absolute atomic E-state index is 11.9. The molecule has 0 aliphatic heterocycles. The maximum atomic E-state index is 11.9. The molecule has 22 heavy (non-hydrogen) atoms. The van der Waals surface area contributed by atoms with Crippen LogP contribution in [0.1, 0.15) is 17.2 Å². The lowest BCUT2D eigenvalue weighted by molar-refractivity contribution is -0.130. The molecule has 2 aromatic carbocycles. The highest BCUT2D eigenvalue weighted by atomic mass is 35.5. The number of halogens is 1. The van der Waals surface area contributed by atoms with E-state index in [1.165, 1.54) is 7.11 Å². The van der Waals surface area contributed by atoms with E-state index in [-0.39, 0.29) is 5.91 Å². The minimum Gasteiger partial charge on any atom is -0.487 e. The molecule has 0 fully saturated rings. The van der Waals surface area contributed by atoms with E-state index in [2.05, 4.69) is 5.32 Å². The molecule has 0 radical (unpaired) electrons. The molecule has 0 spiro atoms. The first-order valence-electron chi connectivity index (χ1n) is 6.87. The minimum atomic E-state index is -0.670. The third-order valence-electron chi connectivity index (χ3n) is 3.28. The van der Waals surface area contributed by atoms with Gasteiger partial charge in [-0.2, -0.15) is 0 Å². The predicted molar refractivity (Wildman–Crippen MR) is 86.0 cm³/mol. The van der Waals surface area contributed by atoms with Crippen molar-refractivity contribution in [1.29, 1.82) is 0 Å². The molecule has 0 saturated heterocycles. The standard InChI is InChI=1S/C17H18ClNO3/c1-19-17(20)16(21-2)13-8-4-3-7-12(13)11-22-15-10-6-5-9-14(15)18/h3-10,16H,11H2,1-2H3,(H,19,20). The summed E-state index contributed by atoms with van der Waals surface area (Å²) in [6.07, 6.45) is -0.670. The summed E-state index contributed by atoms with van der Waals surface area (Å²) in [7, 11) is 3.09. The van der Waals surface area contributed by atoms with Crippen molar-refractivity contribution in [3.63, 3.8) is 0 Å². The zero-order valence-corrected chi connectivity index (χ0v) is 13.3. The summed E-state index contributed by atoms with van der Waals surface area (Å²) in [5.74, 6) is 0.403. The molecule has 5 heteroatoms. The van der Waals surface area contributed by atoms with Crippen LogP contribution in [0.5, 0.6) is 5.75 Å². The Morgan fingerprint density at radius 3 is 2.55 bits per heavy atom. The van der Waals surface area contributed by atoms with Gasteiger partial charge in [0.25, 0.3) is 5.91 Å². The average molecular weight is 320 g/mol. The fraction of sp³-hybridized carbons (Fsp3) is 0.235. The lowest BCUT2D eigenvalue weighted by atomic mass is 10.0. The number of amides is 1. The van der Waals surface area contributed by atoms with E-state index in [0.717, 1.165) is 11.1 Å². The molecule has 1 N–H and O–H groups in total. The van der Waals surface area contributed by atoms with Gasteiger partial charge in [-0.15, -0.1) is 0 Å². The molecule has 1 amide bonds. The number of nitrogens with one attached hydrogen (secondary N) is 1. The Hall–Kier alpha value is -2.04. The van der Waals surface area contributed by atoms with Crippen molar-refractivity contribution in [1.82, 2.24) is 5.32 Å². The Balaban J connectivity index is 2.21. The summed E-state index contributed by atoms with van der Waals surface area (Å²) in [6, 6.07) is 14.8. The van der Waals surface area contributed by atoms with Gasteiger partial charge in [-0.25, -0.2) is 0 Å². The molecule has 0 saturated carbocycles. The fourth-order valence-corrected chi connectivity index (χ4v) is 2.34. The number of benzene rings is 2. The van der Waals surface area contributed by atoms with Gasteiger partial charge in [0.15, 0.2) is 6.10 Å². The predicted octanol–water partition coefficient (Wildman–Crippen LogP) is 3.35. The van der Waals surface area contributed by atoms with Crippen LogP contribution in [0, 0.1) is 0 Å². The van der Waals surface area contributed by atoms with Gasteiger partial charge < -0.3 is 14.8 Å². The molecule has 0 bridgehead atoms. The molecular weight excluding hydrogens is 302 g/mol. The maximum Gasteiger partial charge on any atom is 0.253 e. The summed E-state index contributed by atoms with van der Waals surface area (Å²) < 4.78 is 11.1. The number of hydrogen-bond donors (Lipinski definition) is 1. The van der Waals surface area contributed by atoms with Crippen LogP contribution in [0.15, 0.2) is 48.5 Å². The Morgan fingerprint density at radius 2 is 1.86 bits per heavy atom. The second-order valence-electron chi connectivity index (χ2n) is 4.65.